The van der Waals surface area contributed by atoms with E-state index in [9.17, 15) is 13.2 Å². The molecule has 5 nitrogen and oxygen atoms in total. The number of rotatable bonds is 8. The van der Waals surface area contributed by atoms with Crippen LogP contribution in [0.2, 0.25) is 0 Å². The molecule has 1 N–H and O–H groups in total. The van der Waals surface area contributed by atoms with Crippen LogP contribution in [0.3, 0.4) is 0 Å². The number of methoxy groups -OCH3 is 1. The molecule has 0 heterocycles. The zero-order valence-electron chi connectivity index (χ0n) is 15.3. The monoisotopic (exact) mass is 375 g/mol. The first-order chi connectivity index (χ1) is 12.3. The van der Waals surface area contributed by atoms with Crippen LogP contribution in [0.5, 0.6) is 0 Å². The summed E-state index contributed by atoms with van der Waals surface area (Å²) in [6, 6.07) is 15.9. The van der Waals surface area contributed by atoms with Crippen LogP contribution in [0.1, 0.15) is 24.5 Å². The number of hydrogen-bond acceptors (Lipinski definition) is 4. The Bertz CT molecular complexity index is 817. The lowest BCUT2D eigenvalue weighted by atomic mass is 9.97. The number of nitrogens with one attached hydrogen (secondary N) is 1. The van der Waals surface area contributed by atoms with Gasteiger partial charge in [-0.3, -0.25) is 4.79 Å². The second kappa shape index (κ2) is 8.96. The first-order valence-electron chi connectivity index (χ1n) is 8.52. The van der Waals surface area contributed by atoms with Crippen molar-refractivity contribution >= 4 is 16.0 Å². The van der Waals surface area contributed by atoms with E-state index >= 15 is 0 Å². The van der Waals surface area contributed by atoms with Gasteiger partial charge in [0.25, 0.3) is 0 Å². The van der Waals surface area contributed by atoms with Crippen LogP contribution in [-0.2, 0) is 26.0 Å². The van der Waals surface area contributed by atoms with Gasteiger partial charge in [-0.25, -0.2) is 13.1 Å². The fourth-order valence-electron chi connectivity index (χ4n) is 2.80. The largest absolute Gasteiger partial charge is 0.469 e. The molecule has 26 heavy (non-hydrogen) atoms. The van der Waals surface area contributed by atoms with Crippen LogP contribution >= 0.6 is 0 Å². The Morgan fingerprint density at radius 1 is 1.08 bits per heavy atom. The van der Waals surface area contributed by atoms with Gasteiger partial charge in [0, 0.05) is 6.04 Å². The number of carbonyl (C=O) groups is 1. The number of sulfonamides is 1. The summed E-state index contributed by atoms with van der Waals surface area (Å²) >= 11 is 0. The van der Waals surface area contributed by atoms with Crippen LogP contribution in [0.15, 0.2) is 59.5 Å². The SMILES string of the molecule is COC(=O)[C@@H](C)C[C@H](Cc1ccccc1)NS(=O)(=O)c1ccc(C)cc1. The number of aryl methyl sites for hydroxylation is 1. The summed E-state index contributed by atoms with van der Waals surface area (Å²) in [6.07, 6.45) is 0.847. The van der Waals surface area contributed by atoms with E-state index in [4.69, 9.17) is 4.74 Å². The van der Waals surface area contributed by atoms with Crippen LogP contribution < -0.4 is 4.72 Å². The first kappa shape index (κ1) is 20.1. The summed E-state index contributed by atoms with van der Waals surface area (Å²) in [4.78, 5) is 12.0. The smallest absolute Gasteiger partial charge is 0.308 e. The molecule has 140 valence electrons. The third-order valence-electron chi connectivity index (χ3n) is 4.22. The Morgan fingerprint density at radius 2 is 1.69 bits per heavy atom. The van der Waals surface area contributed by atoms with Gasteiger partial charge in [-0.05, 0) is 37.5 Å². The second-order valence-electron chi connectivity index (χ2n) is 6.48. The van der Waals surface area contributed by atoms with E-state index in [0.29, 0.717) is 12.8 Å². The van der Waals surface area contributed by atoms with Crippen LogP contribution in [0.4, 0.5) is 0 Å². The third-order valence-corrected chi connectivity index (χ3v) is 5.76. The second-order valence-corrected chi connectivity index (χ2v) is 8.19. The molecule has 0 amide bonds. The average molecular weight is 375 g/mol. The normalized spacial score (nSPS) is 13.8. The topological polar surface area (TPSA) is 72.5 Å². The van der Waals surface area contributed by atoms with Crippen LogP contribution in [-0.4, -0.2) is 27.5 Å². The number of hydrogen-bond donors (Lipinski definition) is 1. The molecular formula is C20H25NO4S. The zero-order valence-corrected chi connectivity index (χ0v) is 16.1. The molecule has 6 heteroatoms. The number of carbonyl (C=O) groups excluding carboxylic acids is 1. The lowest BCUT2D eigenvalue weighted by molar-refractivity contribution is -0.145. The van der Waals surface area contributed by atoms with Gasteiger partial charge in [-0.2, -0.15) is 0 Å². The molecule has 0 radical (unpaired) electrons. The summed E-state index contributed by atoms with van der Waals surface area (Å²) in [5.74, 6) is -0.757. The van der Waals surface area contributed by atoms with Gasteiger partial charge in [0.2, 0.25) is 10.0 Å². The van der Waals surface area contributed by atoms with E-state index in [1.54, 1.807) is 31.2 Å². The van der Waals surface area contributed by atoms with Gasteiger partial charge in [-0.1, -0.05) is 55.0 Å². The van der Waals surface area contributed by atoms with E-state index in [2.05, 4.69) is 4.72 Å². The van der Waals surface area contributed by atoms with Crippen molar-refractivity contribution in [2.24, 2.45) is 5.92 Å². The van der Waals surface area contributed by atoms with Gasteiger partial charge in [0.05, 0.1) is 17.9 Å². The van der Waals surface area contributed by atoms with Crippen molar-refractivity contribution in [3.63, 3.8) is 0 Å². The molecule has 0 saturated heterocycles. The van der Waals surface area contributed by atoms with Crippen molar-refractivity contribution in [2.45, 2.75) is 37.6 Å². The molecule has 2 atom stereocenters. The third kappa shape index (κ3) is 5.68. The van der Waals surface area contributed by atoms with Gasteiger partial charge in [0.1, 0.15) is 0 Å². The average Bonchev–Trinajstić information content (AvgIpc) is 2.61. The first-order valence-corrected chi connectivity index (χ1v) is 10.0. The summed E-state index contributed by atoms with van der Waals surface area (Å²) in [5.41, 5.74) is 1.99. The number of esters is 1. The Hall–Kier alpha value is -2.18. The molecule has 0 spiro atoms. The zero-order chi connectivity index (χ0) is 19.2. The predicted octanol–water partition coefficient (Wildman–Crippen LogP) is 3.08. The quantitative estimate of drug-likeness (QED) is 0.720. The van der Waals surface area contributed by atoms with Crippen molar-refractivity contribution in [1.29, 1.82) is 0 Å². The molecule has 0 bridgehead atoms. The number of benzene rings is 2. The summed E-state index contributed by atoms with van der Waals surface area (Å²) < 4.78 is 33.0. The fraction of sp³-hybridized carbons (Fsp3) is 0.350. The maximum absolute atomic E-state index is 12.7. The lowest BCUT2D eigenvalue weighted by Gasteiger charge is -2.21. The minimum Gasteiger partial charge on any atom is -0.469 e. The Balaban J connectivity index is 2.21. The maximum Gasteiger partial charge on any atom is 0.308 e. The summed E-state index contributed by atoms with van der Waals surface area (Å²) in [7, 11) is -2.34. The van der Waals surface area contributed by atoms with Crippen molar-refractivity contribution in [1.82, 2.24) is 4.72 Å². The van der Waals surface area contributed by atoms with Crippen molar-refractivity contribution in [3.05, 3.63) is 65.7 Å². The summed E-state index contributed by atoms with van der Waals surface area (Å²) in [5, 5.41) is 0. The Labute approximate surface area is 155 Å². The van der Waals surface area contributed by atoms with Gasteiger partial charge in [0.15, 0.2) is 0 Å². The Kier molecular flexibility index (Phi) is 6.94. The van der Waals surface area contributed by atoms with Crippen molar-refractivity contribution < 1.29 is 17.9 Å². The van der Waals surface area contributed by atoms with E-state index < -0.39 is 22.0 Å². The molecule has 2 rings (SSSR count). The van der Waals surface area contributed by atoms with E-state index in [0.717, 1.165) is 11.1 Å². The number of ether oxygens (including phenoxy) is 1. The molecule has 0 unspecified atom stereocenters. The molecule has 0 fully saturated rings. The molecule has 0 aliphatic carbocycles. The maximum atomic E-state index is 12.7. The Morgan fingerprint density at radius 3 is 2.27 bits per heavy atom. The standard InChI is InChI=1S/C20H25NO4S/c1-15-9-11-19(12-10-15)26(23,24)21-18(13-16(2)20(22)25-3)14-17-7-5-4-6-8-17/h4-12,16,18,21H,13-14H2,1-3H3/t16-,18+/m0/s1. The van der Waals surface area contributed by atoms with E-state index in [-0.39, 0.29) is 10.9 Å². The van der Waals surface area contributed by atoms with Crippen molar-refractivity contribution in [3.8, 4) is 0 Å². The molecule has 2 aromatic rings. The molecular weight excluding hydrogens is 350 g/mol. The lowest BCUT2D eigenvalue weighted by Crippen LogP contribution is -2.38. The molecule has 0 aromatic heterocycles. The highest BCUT2D eigenvalue weighted by Gasteiger charge is 2.25. The van der Waals surface area contributed by atoms with E-state index in [1.807, 2.05) is 37.3 Å². The highest BCUT2D eigenvalue weighted by atomic mass is 32.2. The van der Waals surface area contributed by atoms with Gasteiger partial charge >= 0.3 is 5.97 Å². The highest BCUT2D eigenvalue weighted by molar-refractivity contribution is 7.89. The predicted molar refractivity (Wildman–Crippen MR) is 101 cm³/mol. The molecule has 0 aliphatic heterocycles. The molecule has 2 aromatic carbocycles. The van der Waals surface area contributed by atoms with E-state index in [1.165, 1.54) is 7.11 Å². The van der Waals surface area contributed by atoms with Gasteiger partial charge < -0.3 is 4.74 Å². The van der Waals surface area contributed by atoms with Crippen LogP contribution in [0.25, 0.3) is 0 Å². The summed E-state index contributed by atoms with van der Waals surface area (Å²) in [6.45, 7) is 3.64. The van der Waals surface area contributed by atoms with Crippen molar-refractivity contribution in [2.75, 3.05) is 7.11 Å². The van der Waals surface area contributed by atoms with Gasteiger partial charge in [-0.15, -0.1) is 0 Å². The van der Waals surface area contributed by atoms with Crippen LogP contribution in [0, 0.1) is 12.8 Å². The highest BCUT2D eigenvalue weighted by Crippen LogP contribution is 2.17. The minimum atomic E-state index is -3.68. The fourth-order valence-corrected chi connectivity index (χ4v) is 4.05. The molecule has 0 saturated carbocycles. The minimum absolute atomic E-state index is 0.215. The molecule has 0 aliphatic rings.